The fourth-order valence-corrected chi connectivity index (χ4v) is 2.91. The molecule has 0 aliphatic rings. The summed E-state index contributed by atoms with van der Waals surface area (Å²) in [6.07, 6.45) is 1.65. The van der Waals surface area contributed by atoms with Gasteiger partial charge >= 0.3 is 6.03 Å². The number of ether oxygens (including phenoxy) is 1. The van der Waals surface area contributed by atoms with Crippen molar-refractivity contribution < 1.29 is 9.53 Å². The molecule has 0 radical (unpaired) electrons. The Morgan fingerprint density at radius 2 is 2.00 bits per heavy atom. The molecule has 0 spiro atoms. The van der Waals surface area contributed by atoms with Gasteiger partial charge in [-0.3, -0.25) is 5.32 Å². The highest BCUT2D eigenvalue weighted by molar-refractivity contribution is 7.13. The lowest BCUT2D eigenvalue weighted by Crippen LogP contribution is -2.28. The van der Waals surface area contributed by atoms with Crippen molar-refractivity contribution >= 4 is 22.5 Å². The number of thiazole rings is 1. The van der Waals surface area contributed by atoms with E-state index in [1.807, 2.05) is 48.7 Å². The summed E-state index contributed by atoms with van der Waals surface area (Å²) in [7, 11) is 0. The highest BCUT2D eigenvalue weighted by atomic mass is 32.1. The fraction of sp³-hybridized carbons (Fsp3) is 0.158. The minimum absolute atomic E-state index is 0.295. The van der Waals surface area contributed by atoms with Crippen LogP contribution in [0.1, 0.15) is 16.7 Å². The number of urea groups is 1. The number of benzene rings is 2. The molecule has 3 aromatic rings. The maximum Gasteiger partial charge on any atom is 0.321 e. The van der Waals surface area contributed by atoms with E-state index in [0.29, 0.717) is 11.7 Å². The standard InChI is InChI=1S/C19H19N3O2S/c1-13-7-8-16(14(2)11-13)24-17-6-4-3-5-15(17)12-21-18(23)22-19-20-9-10-25-19/h3-11H,12H2,1-2H3,(H2,20,21,22,23). The number of nitrogens with zero attached hydrogens (tertiary/aromatic N) is 1. The summed E-state index contributed by atoms with van der Waals surface area (Å²) in [6.45, 7) is 4.43. The van der Waals surface area contributed by atoms with Crippen molar-refractivity contribution in [2.75, 3.05) is 5.32 Å². The van der Waals surface area contributed by atoms with E-state index >= 15 is 0 Å². The Hall–Kier alpha value is -2.86. The first-order valence-electron chi connectivity index (χ1n) is 7.89. The van der Waals surface area contributed by atoms with Crippen LogP contribution in [0.4, 0.5) is 9.93 Å². The smallest absolute Gasteiger partial charge is 0.321 e. The number of hydrogen-bond acceptors (Lipinski definition) is 4. The van der Waals surface area contributed by atoms with Gasteiger partial charge in [-0.2, -0.15) is 0 Å². The molecule has 2 aromatic carbocycles. The molecule has 2 N–H and O–H groups in total. The van der Waals surface area contributed by atoms with E-state index in [2.05, 4.69) is 28.6 Å². The number of para-hydroxylation sites is 1. The predicted octanol–water partition coefficient (Wildman–Crippen LogP) is 4.87. The van der Waals surface area contributed by atoms with Crippen LogP contribution in [0.2, 0.25) is 0 Å². The molecule has 2 amide bonds. The summed E-state index contributed by atoms with van der Waals surface area (Å²) < 4.78 is 6.05. The third-order valence-corrected chi connectivity index (χ3v) is 4.30. The van der Waals surface area contributed by atoms with Gasteiger partial charge in [0.05, 0.1) is 0 Å². The highest BCUT2D eigenvalue weighted by Crippen LogP contribution is 2.28. The summed E-state index contributed by atoms with van der Waals surface area (Å²) in [4.78, 5) is 16.0. The summed E-state index contributed by atoms with van der Waals surface area (Å²) in [5.41, 5.74) is 3.17. The number of hydrogen-bond donors (Lipinski definition) is 2. The minimum atomic E-state index is -0.295. The Morgan fingerprint density at radius 1 is 1.16 bits per heavy atom. The van der Waals surface area contributed by atoms with E-state index in [9.17, 15) is 4.79 Å². The van der Waals surface area contributed by atoms with E-state index in [-0.39, 0.29) is 6.03 Å². The molecule has 0 aliphatic carbocycles. The second-order valence-corrected chi connectivity index (χ2v) is 6.52. The summed E-state index contributed by atoms with van der Waals surface area (Å²) in [6, 6.07) is 13.4. The third kappa shape index (κ3) is 4.58. The zero-order chi connectivity index (χ0) is 17.6. The maximum absolute atomic E-state index is 11.9. The average molecular weight is 353 g/mol. The van der Waals surface area contributed by atoms with Gasteiger partial charge in [0.25, 0.3) is 0 Å². The number of anilines is 1. The monoisotopic (exact) mass is 353 g/mol. The van der Waals surface area contributed by atoms with Crippen LogP contribution in [-0.4, -0.2) is 11.0 Å². The second kappa shape index (κ2) is 7.81. The lowest BCUT2D eigenvalue weighted by molar-refractivity contribution is 0.251. The lowest BCUT2D eigenvalue weighted by Gasteiger charge is -2.14. The molecule has 25 heavy (non-hydrogen) atoms. The Balaban J connectivity index is 1.67. The van der Waals surface area contributed by atoms with Crippen LogP contribution in [-0.2, 0) is 6.54 Å². The van der Waals surface area contributed by atoms with Crippen molar-refractivity contribution in [2.45, 2.75) is 20.4 Å². The van der Waals surface area contributed by atoms with Crippen molar-refractivity contribution in [3.05, 3.63) is 70.7 Å². The first-order valence-corrected chi connectivity index (χ1v) is 8.77. The van der Waals surface area contributed by atoms with Crippen molar-refractivity contribution in [1.29, 1.82) is 0 Å². The molecule has 0 fully saturated rings. The molecule has 6 heteroatoms. The lowest BCUT2D eigenvalue weighted by atomic mass is 10.1. The predicted molar refractivity (Wildman–Crippen MR) is 100 cm³/mol. The second-order valence-electron chi connectivity index (χ2n) is 5.62. The maximum atomic E-state index is 11.9. The first kappa shape index (κ1) is 17.0. The molecule has 1 aromatic heterocycles. The zero-order valence-corrected chi connectivity index (χ0v) is 14.9. The Kier molecular flexibility index (Phi) is 5.30. The van der Waals surface area contributed by atoms with Gasteiger partial charge in [0.1, 0.15) is 11.5 Å². The molecule has 0 atom stereocenters. The van der Waals surface area contributed by atoms with Crippen molar-refractivity contribution in [2.24, 2.45) is 0 Å². The van der Waals surface area contributed by atoms with E-state index in [4.69, 9.17) is 4.74 Å². The largest absolute Gasteiger partial charge is 0.457 e. The molecule has 0 saturated carbocycles. The van der Waals surface area contributed by atoms with E-state index in [0.717, 1.165) is 22.6 Å². The SMILES string of the molecule is Cc1ccc(Oc2ccccc2CNC(=O)Nc2nccs2)c(C)c1. The van der Waals surface area contributed by atoms with Gasteiger partial charge in [-0.05, 0) is 31.5 Å². The summed E-state index contributed by atoms with van der Waals surface area (Å²) >= 11 is 1.37. The van der Waals surface area contributed by atoms with Crippen LogP contribution in [0, 0.1) is 13.8 Å². The summed E-state index contributed by atoms with van der Waals surface area (Å²) in [5, 5.41) is 7.89. The zero-order valence-electron chi connectivity index (χ0n) is 14.1. The van der Waals surface area contributed by atoms with E-state index in [1.165, 1.54) is 16.9 Å². The highest BCUT2D eigenvalue weighted by Gasteiger charge is 2.09. The van der Waals surface area contributed by atoms with Crippen LogP contribution in [0.3, 0.4) is 0 Å². The van der Waals surface area contributed by atoms with Crippen molar-refractivity contribution in [3.63, 3.8) is 0 Å². The van der Waals surface area contributed by atoms with Gasteiger partial charge < -0.3 is 10.1 Å². The molecule has 0 aliphatic heterocycles. The number of aromatic nitrogens is 1. The Labute approximate surface area is 150 Å². The van der Waals surface area contributed by atoms with Crippen LogP contribution >= 0.6 is 11.3 Å². The van der Waals surface area contributed by atoms with Crippen LogP contribution in [0.5, 0.6) is 11.5 Å². The molecule has 128 valence electrons. The number of carbonyl (C=O) groups is 1. The van der Waals surface area contributed by atoms with Crippen molar-refractivity contribution in [3.8, 4) is 11.5 Å². The van der Waals surface area contributed by atoms with Crippen LogP contribution in [0.25, 0.3) is 0 Å². The van der Waals surface area contributed by atoms with E-state index < -0.39 is 0 Å². The van der Waals surface area contributed by atoms with Gasteiger partial charge in [-0.1, -0.05) is 35.9 Å². The van der Waals surface area contributed by atoms with Gasteiger partial charge in [0.15, 0.2) is 5.13 Å². The third-order valence-electron chi connectivity index (χ3n) is 3.62. The Bertz CT molecular complexity index is 863. The van der Waals surface area contributed by atoms with Gasteiger partial charge in [0, 0.05) is 23.7 Å². The number of amides is 2. The van der Waals surface area contributed by atoms with Crippen LogP contribution < -0.4 is 15.4 Å². The molecular formula is C19H19N3O2S. The topological polar surface area (TPSA) is 63.2 Å². The van der Waals surface area contributed by atoms with E-state index in [1.54, 1.807) is 6.20 Å². The minimum Gasteiger partial charge on any atom is -0.457 e. The average Bonchev–Trinajstić information content (AvgIpc) is 3.09. The molecule has 0 unspecified atom stereocenters. The number of nitrogens with one attached hydrogen (secondary N) is 2. The molecule has 0 saturated heterocycles. The normalized spacial score (nSPS) is 10.3. The summed E-state index contributed by atoms with van der Waals surface area (Å²) in [5.74, 6) is 1.54. The first-order chi connectivity index (χ1) is 12.1. The fourth-order valence-electron chi connectivity index (χ4n) is 2.38. The Morgan fingerprint density at radius 3 is 2.76 bits per heavy atom. The number of aryl methyl sites for hydroxylation is 2. The van der Waals surface area contributed by atoms with Gasteiger partial charge in [-0.15, -0.1) is 11.3 Å². The van der Waals surface area contributed by atoms with Crippen molar-refractivity contribution in [1.82, 2.24) is 10.3 Å². The number of rotatable bonds is 5. The van der Waals surface area contributed by atoms with Gasteiger partial charge in [0.2, 0.25) is 0 Å². The van der Waals surface area contributed by atoms with Crippen LogP contribution in [0.15, 0.2) is 54.0 Å². The molecule has 5 nitrogen and oxygen atoms in total. The molecule has 0 bridgehead atoms. The molecular weight excluding hydrogens is 334 g/mol. The van der Waals surface area contributed by atoms with Gasteiger partial charge in [-0.25, -0.2) is 9.78 Å². The number of carbonyl (C=O) groups excluding carboxylic acids is 1. The molecule has 3 rings (SSSR count). The quantitative estimate of drug-likeness (QED) is 0.687. The molecule has 1 heterocycles.